The van der Waals surface area contributed by atoms with Gasteiger partial charge < -0.3 is 10.8 Å². The minimum atomic E-state index is -0.830. The van der Waals surface area contributed by atoms with Gasteiger partial charge in [-0.1, -0.05) is 61.0 Å². The average Bonchev–Trinajstić information content (AvgIpc) is 3.25. The fourth-order valence-electron chi connectivity index (χ4n) is 3.56. The van der Waals surface area contributed by atoms with E-state index in [-0.39, 0.29) is 5.92 Å². The van der Waals surface area contributed by atoms with E-state index < -0.39 is 11.9 Å². The molecule has 7 nitrogen and oxygen atoms in total. The first-order valence-electron chi connectivity index (χ1n) is 9.46. The number of aliphatic carboxylic acids is 1. The van der Waals surface area contributed by atoms with Gasteiger partial charge in [-0.15, -0.1) is 10.2 Å². The zero-order chi connectivity index (χ0) is 19.9. The van der Waals surface area contributed by atoms with Gasteiger partial charge >= 0.3 is 5.97 Å². The molecule has 3 aromatic rings. The van der Waals surface area contributed by atoms with Gasteiger partial charge in [0.05, 0.1) is 5.92 Å². The van der Waals surface area contributed by atoms with Crippen molar-refractivity contribution in [2.75, 3.05) is 0 Å². The van der Waals surface area contributed by atoms with E-state index in [1.54, 1.807) is 0 Å². The van der Waals surface area contributed by atoms with E-state index in [9.17, 15) is 9.90 Å². The fourth-order valence-corrected chi connectivity index (χ4v) is 3.56. The zero-order valence-electron chi connectivity index (χ0n) is 15.9. The Morgan fingerprint density at radius 2 is 1.82 bits per heavy atom. The summed E-state index contributed by atoms with van der Waals surface area (Å²) in [6, 6.07) is 16.3. The molecular formula is C21H25N5O2. The maximum absolute atomic E-state index is 11.9. The van der Waals surface area contributed by atoms with Crippen LogP contribution in [0, 0.1) is 5.92 Å². The fraction of sp³-hybridized carbons (Fsp3) is 0.333. The minimum Gasteiger partial charge on any atom is -0.481 e. The highest BCUT2D eigenvalue weighted by atomic mass is 16.4. The van der Waals surface area contributed by atoms with E-state index in [4.69, 9.17) is 5.73 Å². The number of carboxylic acids is 1. The van der Waals surface area contributed by atoms with E-state index in [0.29, 0.717) is 25.2 Å². The molecule has 4 N–H and O–H groups in total. The van der Waals surface area contributed by atoms with E-state index in [2.05, 4.69) is 32.8 Å². The summed E-state index contributed by atoms with van der Waals surface area (Å²) in [5.41, 5.74) is 10.0. The molecule has 0 aliphatic heterocycles. The molecule has 0 amide bonds. The SMILES string of the molecule is CCC[C@H](C(=O)O)[C@H](Cc1cccc(-c2cccc(CN)c2)c1)c1nn[nH]n1. The number of rotatable bonds is 9. The number of hydrogen-bond donors (Lipinski definition) is 3. The monoisotopic (exact) mass is 379 g/mol. The van der Waals surface area contributed by atoms with Crippen molar-refractivity contribution >= 4 is 5.97 Å². The lowest BCUT2D eigenvalue weighted by atomic mass is 9.83. The zero-order valence-corrected chi connectivity index (χ0v) is 15.9. The standard InChI is InChI=1S/C21H25N5O2/c1-2-5-18(21(27)28)19(20-23-25-26-24-20)12-14-6-3-8-16(10-14)17-9-4-7-15(11-17)13-22/h3-4,6-11,18-19H,2,5,12-13,22H2,1H3,(H,27,28)(H,23,24,25,26)/t18-,19-/m0/s1. The smallest absolute Gasteiger partial charge is 0.307 e. The maximum Gasteiger partial charge on any atom is 0.307 e. The Morgan fingerprint density at radius 1 is 1.14 bits per heavy atom. The van der Waals surface area contributed by atoms with E-state index >= 15 is 0 Å². The third-order valence-corrected chi connectivity index (χ3v) is 4.97. The molecule has 0 unspecified atom stereocenters. The van der Waals surface area contributed by atoms with Crippen LogP contribution < -0.4 is 5.73 Å². The van der Waals surface area contributed by atoms with E-state index in [1.807, 2.05) is 43.3 Å². The third-order valence-electron chi connectivity index (χ3n) is 4.97. The van der Waals surface area contributed by atoms with Crippen LogP contribution in [0.4, 0.5) is 0 Å². The van der Waals surface area contributed by atoms with E-state index in [0.717, 1.165) is 28.7 Å². The molecule has 0 bridgehead atoms. The Labute approximate surface area is 164 Å². The second-order valence-corrected chi connectivity index (χ2v) is 6.92. The molecule has 7 heteroatoms. The lowest BCUT2D eigenvalue weighted by Gasteiger charge is -2.21. The summed E-state index contributed by atoms with van der Waals surface area (Å²) < 4.78 is 0. The second kappa shape index (κ2) is 9.23. The lowest BCUT2D eigenvalue weighted by molar-refractivity contribution is -0.142. The molecule has 1 aromatic heterocycles. The van der Waals surface area contributed by atoms with Gasteiger partial charge in [-0.05, 0) is 41.2 Å². The number of H-pyrrole nitrogens is 1. The van der Waals surface area contributed by atoms with E-state index in [1.165, 1.54) is 0 Å². The molecule has 3 rings (SSSR count). The molecule has 0 aliphatic rings. The molecule has 2 atom stereocenters. The largest absolute Gasteiger partial charge is 0.481 e. The summed E-state index contributed by atoms with van der Waals surface area (Å²) in [4.78, 5) is 11.9. The van der Waals surface area contributed by atoms with Crippen molar-refractivity contribution in [1.82, 2.24) is 20.6 Å². The van der Waals surface area contributed by atoms with Gasteiger partial charge in [0.2, 0.25) is 0 Å². The van der Waals surface area contributed by atoms with Gasteiger partial charge in [0.15, 0.2) is 5.82 Å². The van der Waals surface area contributed by atoms with Gasteiger partial charge in [-0.25, -0.2) is 0 Å². The number of carbonyl (C=O) groups is 1. The molecular weight excluding hydrogens is 354 g/mol. The summed E-state index contributed by atoms with van der Waals surface area (Å²) >= 11 is 0. The summed E-state index contributed by atoms with van der Waals surface area (Å²) in [5, 5.41) is 24.0. The first-order valence-corrected chi connectivity index (χ1v) is 9.46. The Balaban J connectivity index is 1.92. The van der Waals surface area contributed by atoms with Crippen LogP contribution in [0.1, 0.15) is 42.6 Å². The van der Waals surface area contributed by atoms with Crippen molar-refractivity contribution in [2.45, 2.75) is 38.6 Å². The highest BCUT2D eigenvalue weighted by molar-refractivity contribution is 5.71. The summed E-state index contributed by atoms with van der Waals surface area (Å²) in [5.74, 6) is -1.30. The molecule has 0 aliphatic carbocycles. The molecule has 0 radical (unpaired) electrons. The first kappa shape index (κ1) is 19.7. The van der Waals surface area contributed by atoms with Crippen LogP contribution in [0.2, 0.25) is 0 Å². The Hall–Kier alpha value is -3.06. The molecule has 0 saturated heterocycles. The summed E-state index contributed by atoms with van der Waals surface area (Å²) in [7, 11) is 0. The highest BCUT2D eigenvalue weighted by Crippen LogP contribution is 2.31. The normalized spacial score (nSPS) is 13.2. The van der Waals surface area contributed by atoms with Crippen LogP contribution in [0.25, 0.3) is 11.1 Å². The Bertz CT molecular complexity index is 911. The van der Waals surface area contributed by atoms with Crippen molar-refractivity contribution in [1.29, 1.82) is 0 Å². The Morgan fingerprint density at radius 3 is 2.39 bits per heavy atom. The molecule has 1 heterocycles. The topological polar surface area (TPSA) is 118 Å². The van der Waals surface area contributed by atoms with Crippen molar-refractivity contribution < 1.29 is 9.90 Å². The number of nitrogens with one attached hydrogen (secondary N) is 1. The number of aromatic nitrogens is 4. The highest BCUT2D eigenvalue weighted by Gasteiger charge is 2.32. The van der Waals surface area contributed by atoms with Gasteiger partial charge in [0.1, 0.15) is 0 Å². The molecule has 2 aromatic carbocycles. The van der Waals surface area contributed by atoms with Crippen LogP contribution in [0.5, 0.6) is 0 Å². The number of benzene rings is 2. The molecule has 0 saturated carbocycles. The number of aromatic amines is 1. The number of tetrazole rings is 1. The molecule has 28 heavy (non-hydrogen) atoms. The van der Waals surface area contributed by atoms with Gasteiger partial charge in [0, 0.05) is 12.5 Å². The number of carboxylic acid groups (broad SMARTS) is 1. The first-order chi connectivity index (χ1) is 13.6. The average molecular weight is 379 g/mol. The summed E-state index contributed by atoms with van der Waals surface area (Å²) in [6.07, 6.45) is 1.87. The van der Waals surface area contributed by atoms with Gasteiger partial charge in [-0.3, -0.25) is 4.79 Å². The predicted molar refractivity (Wildman–Crippen MR) is 106 cm³/mol. The van der Waals surface area contributed by atoms with Crippen molar-refractivity contribution in [3.05, 3.63) is 65.5 Å². The lowest BCUT2D eigenvalue weighted by Crippen LogP contribution is -2.25. The quantitative estimate of drug-likeness (QED) is 0.526. The van der Waals surface area contributed by atoms with Crippen molar-refractivity contribution in [3.63, 3.8) is 0 Å². The van der Waals surface area contributed by atoms with Crippen LogP contribution in [-0.4, -0.2) is 31.7 Å². The molecule has 0 spiro atoms. The second-order valence-electron chi connectivity index (χ2n) is 6.92. The van der Waals surface area contributed by atoms with Crippen LogP contribution >= 0.6 is 0 Å². The maximum atomic E-state index is 11.9. The minimum absolute atomic E-state index is 0.346. The van der Waals surface area contributed by atoms with Gasteiger partial charge in [-0.2, -0.15) is 5.21 Å². The summed E-state index contributed by atoms with van der Waals surface area (Å²) in [6.45, 7) is 2.47. The van der Waals surface area contributed by atoms with Crippen molar-refractivity contribution in [2.24, 2.45) is 11.7 Å². The predicted octanol–water partition coefficient (Wildman–Crippen LogP) is 3.15. The van der Waals surface area contributed by atoms with Crippen molar-refractivity contribution in [3.8, 4) is 11.1 Å². The Kier molecular flexibility index (Phi) is 6.49. The van der Waals surface area contributed by atoms with Crippen LogP contribution in [0.15, 0.2) is 48.5 Å². The number of nitrogens with two attached hydrogens (primary N) is 1. The van der Waals surface area contributed by atoms with Gasteiger partial charge in [0.25, 0.3) is 0 Å². The number of nitrogens with zero attached hydrogens (tertiary/aromatic N) is 3. The number of hydrogen-bond acceptors (Lipinski definition) is 5. The molecule has 146 valence electrons. The van der Waals surface area contributed by atoms with Crippen LogP contribution in [0.3, 0.4) is 0 Å². The third kappa shape index (κ3) is 4.61. The van der Waals surface area contributed by atoms with Crippen LogP contribution in [-0.2, 0) is 17.8 Å². The molecule has 0 fully saturated rings.